The van der Waals surface area contributed by atoms with E-state index in [-0.39, 0.29) is 24.4 Å². The van der Waals surface area contributed by atoms with Gasteiger partial charge in [0.25, 0.3) is 0 Å². The molecule has 3 rings (SSSR count). The number of nitrogens with zero attached hydrogens (tertiary/aromatic N) is 1. The zero-order valence-corrected chi connectivity index (χ0v) is 15.7. The first kappa shape index (κ1) is 20.0. The third-order valence-electron chi connectivity index (χ3n) is 5.07. The zero-order chi connectivity index (χ0) is 16.8. The first-order valence-corrected chi connectivity index (χ1v) is 8.96. The lowest BCUT2D eigenvalue weighted by Gasteiger charge is -2.33. The molecule has 1 N–H and O–H groups in total. The second-order valence-electron chi connectivity index (χ2n) is 6.81. The van der Waals surface area contributed by atoms with Crippen molar-refractivity contribution >= 4 is 18.3 Å². The quantitative estimate of drug-likeness (QED) is 0.866. The molecule has 5 nitrogen and oxygen atoms in total. The number of methoxy groups -OCH3 is 1. The number of carbonyl (C=O) groups excluding carboxylic acids is 1. The van der Waals surface area contributed by atoms with Crippen molar-refractivity contribution in [2.24, 2.45) is 5.92 Å². The highest BCUT2D eigenvalue weighted by molar-refractivity contribution is 5.85. The molecule has 0 spiro atoms. The number of rotatable bonds is 5. The van der Waals surface area contributed by atoms with Crippen LogP contribution >= 0.6 is 12.4 Å². The van der Waals surface area contributed by atoms with Gasteiger partial charge in [0, 0.05) is 32.1 Å². The molecule has 1 atom stereocenters. The summed E-state index contributed by atoms with van der Waals surface area (Å²) < 4.78 is 10.6. The van der Waals surface area contributed by atoms with E-state index in [1.165, 1.54) is 5.56 Å². The molecule has 6 heteroatoms. The molecule has 2 fully saturated rings. The number of amides is 1. The zero-order valence-electron chi connectivity index (χ0n) is 14.9. The standard InChI is InChI=1S/C19H28N2O3.ClH/c1-23-18-4-2-15(3-5-18)12-16-6-9-21(10-7-16)19(22)13-17-14-24-11-8-20-17;/h2-5,16-17,20H,6-14H2,1H3;1H. The Morgan fingerprint density at radius 1 is 1.28 bits per heavy atom. The monoisotopic (exact) mass is 368 g/mol. The van der Waals surface area contributed by atoms with Gasteiger partial charge in [0.1, 0.15) is 5.75 Å². The number of nitrogens with one attached hydrogen (secondary N) is 1. The van der Waals surface area contributed by atoms with Crippen LogP contribution in [0.5, 0.6) is 5.75 Å². The van der Waals surface area contributed by atoms with Gasteiger partial charge in [-0.3, -0.25) is 4.79 Å². The second-order valence-corrected chi connectivity index (χ2v) is 6.81. The van der Waals surface area contributed by atoms with E-state index in [1.54, 1.807) is 7.11 Å². The maximum absolute atomic E-state index is 12.4. The van der Waals surface area contributed by atoms with Gasteiger partial charge in [0.2, 0.25) is 5.91 Å². The molecule has 1 unspecified atom stereocenters. The number of piperidine rings is 1. The summed E-state index contributed by atoms with van der Waals surface area (Å²) in [4.78, 5) is 14.4. The molecule has 25 heavy (non-hydrogen) atoms. The number of benzene rings is 1. The van der Waals surface area contributed by atoms with Crippen LogP contribution in [0.15, 0.2) is 24.3 Å². The van der Waals surface area contributed by atoms with E-state index in [2.05, 4.69) is 17.4 Å². The molecule has 1 aromatic rings. The highest BCUT2D eigenvalue weighted by Gasteiger charge is 2.25. The topological polar surface area (TPSA) is 50.8 Å². The van der Waals surface area contributed by atoms with Gasteiger partial charge in [-0.15, -0.1) is 12.4 Å². The van der Waals surface area contributed by atoms with Gasteiger partial charge in [0.15, 0.2) is 0 Å². The third-order valence-corrected chi connectivity index (χ3v) is 5.07. The Kier molecular flexibility index (Phi) is 8.00. The van der Waals surface area contributed by atoms with E-state index < -0.39 is 0 Å². The van der Waals surface area contributed by atoms with Crippen LogP contribution in [-0.2, 0) is 16.0 Å². The predicted molar refractivity (Wildman–Crippen MR) is 100 cm³/mol. The van der Waals surface area contributed by atoms with Gasteiger partial charge in [-0.2, -0.15) is 0 Å². The number of carbonyl (C=O) groups is 1. The van der Waals surface area contributed by atoms with Crippen LogP contribution in [0.3, 0.4) is 0 Å². The third kappa shape index (κ3) is 5.87. The minimum atomic E-state index is 0. The van der Waals surface area contributed by atoms with Gasteiger partial charge in [-0.1, -0.05) is 12.1 Å². The Balaban J connectivity index is 0.00000225. The van der Waals surface area contributed by atoms with Crippen LogP contribution in [0.2, 0.25) is 0 Å². The van der Waals surface area contributed by atoms with Crippen molar-refractivity contribution in [2.45, 2.75) is 31.7 Å². The van der Waals surface area contributed by atoms with Crippen LogP contribution in [0.4, 0.5) is 0 Å². The molecule has 0 saturated carbocycles. The number of hydrogen-bond donors (Lipinski definition) is 1. The van der Waals surface area contributed by atoms with Gasteiger partial charge < -0.3 is 19.7 Å². The van der Waals surface area contributed by atoms with Gasteiger partial charge in [-0.25, -0.2) is 0 Å². The smallest absolute Gasteiger partial charge is 0.224 e. The van der Waals surface area contributed by atoms with Crippen LogP contribution in [0.1, 0.15) is 24.8 Å². The van der Waals surface area contributed by atoms with Crippen molar-refractivity contribution < 1.29 is 14.3 Å². The van der Waals surface area contributed by atoms with Crippen LogP contribution < -0.4 is 10.1 Å². The summed E-state index contributed by atoms with van der Waals surface area (Å²) >= 11 is 0. The molecule has 0 aliphatic carbocycles. The molecule has 2 heterocycles. The summed E-state index contributed by atoms with van der Waals surface area (Å²) in [6.07, 6.45) is 3.83. The van der Waals surface area contributed by atoms with Crippen molar-refractivity contribution in [2.75, 3.05) is 40.0 Å². The Hall–Kier alpha value is -1.30. The fourth-order valence-corrected chi connectivity index (χ4v) is 3.57. The summed E-state index contributed by atoms with van der Waals surface area (Å²) in [5, 5.41) is 3.36. The highest BCUT2D eigenvalue weighted by Crippen LogP contribution is 2.23. The predicted octanol–water partition coefficient (Wildman–Crippen LogP) is 2.28. The van der Waals surface area contributed by atoms with E-state index in [1.807, 2.05) is 17.0 Å². The molecule has 0 bridgehead atoms. The first-order valence-electron chi connectivity index (χ1n) is 8.96. The van der Waals surface area contributed by atoms with E-state index in [4.69, 9.17) is 9.47 Å². The molecule has 2 aliphatic rings. The molecular formula is C19H29ClN2O3. The average molecular weight is 369 g/mol. The molecule has 140 valence electrons. The Morgan fingerprint density at radius 2 is 2.00 bits per heavy atom. The maximum Gasteiger partial charge on any atom is 0.224 e. The van der Waals surface area contributed by atoms with E-state index >= 15 is 0 Å². The van der Waals surface area contributed by atoms with Gasteiger partial charge in [-0.05, 0) is 42.9 Å². The lowest BCUT2D eigenvalue weighted by molar-refractivity contribution is -0.133. The fourth-order valence-electron chi connectivity index (χ4n) is 3.57. The SMILES string of the molecule is COc1ccc(CC2CCN(C(=O)CC3COCCN3)CC2)cc1.Cl. The molecule has 2 aliphatic heterocycles. The summed E-state index contributed by atoms with van der Waals surface area (Å²) in [6.45, 7) is 4.02. The minimum Gasteiger partial charge on any atom is -0.497 e. The number of likely N-dealkylation sites (tertiary alicyclic amines) is 1. The number of halogens is 1. The van der Waals surface area contributed by atoms with Gasteiger partial charge in [0.05, 0.1) is 20.3 Å². The van der Waals surface area contributed by atoms with E-state index in [9.17, 15) is 4.79 Å². The van der Waals surface area contributed by atoms with Crippen molar-refractivity contribution in [3.63, 3.8) is 0 Å². The van der Waals surface area contributed by atoms with Crippen molar-refractivity contribution in [1.82, 2.24) is 10.2 Å². The lowest BCUT2D eigenvalue weighted by atomic mass is 9.90. The second kappa shape index (κ2) is 10.00. The first-order chi connectivity index (χ1) is 11.7. The molecule has 1 amide bonds. The summed E-state index contributed by atoms with van der Waals surface area (Å²) in [6, 6.07) is 8.51. The fraction of sp³-hybridized carbons (Fsp3) is 0.632. The van der Waals surface area contributed by atoms with Crippen molar-refractivity contribution in [3.05, 3.63) is 29.8 Å². The molecule has 2 saturated heterocycles. The summed E-state index contributed by atoms with van der Waals surface area (Å²) in [5.41, 5.74) is 1.35. The van der Waals surface area contributed by atoms with E-state index in [0.29, 0.717) is 18.9 Å². The number of morpholine rings is 1. The Bertz CT molecular complexity index is 524. The Labute approximate surface area is 156 Å². The minimum absolute atomic E-state index is 0. The summed E-state index contributed by atoms with van der Waals surface area (Å²) in [5.74, 6) is 1.83. The van der Waals surface area contributed by atoms with Crippen molar-refractivity contribution in [1.29, 1.82) is 0 Å². The Morgan fingerprint density at radius 3 is 2.60 bits per heavy atom. The highest BCUT2D eigenvalue weighted by atomic mass is 35.5. The normalized spacial score (nSPS) is 21.5. The van der Waals surface area contributed by atoms with E-state index in [0.717, 1.165) is 51.3 Å². The van der Waals surface area contributed by atoms with Crippen LogP contribution in [-0.4, -0.2) is 56.8 Å². The summed E-state index contributed by atoms with van der Waals surface area (Å²) in [7, 11) is 1.69. The maximum atomic E-state index is 12.4. The number of hydrogen-bond acceptors (Lipinski definition) is 4. The largest absolute Gasteiger partial charge is 0.497 e. The molecule has 1 aromatic carbocycles. The molecule has 0 radical (unpaired) electrons. The number of ether oxygens (including phenoxy) is 2. The van der Waals surface area contributed by atoms with Crippen LogP contribution in [0, 0.1) is 5.92 Å². The van der Waals surface area contributed by atoms with Crippen molar-refractivity contribution in [3.8, 4) is 5.75 Å². The molecule has 0 aromatic heterocycles. The average Bonchev–Trinajstić information content (AvgIpc) is 2.64. The van der Waals surface area contributed by atoms with Gasteiger partial charge >= 0.3 is 0 Å². The lowest BCUT2D eigenvalue weighted by Crippen LogP contribution is -2.46. The van der Waals surface area contributed by atoms with Crippen LogP contribution in [0.25, 0.3) is 0 Å². The molecular weight excluding hydrogens is 340 g/mol.